The molecule has 1 saturated carbocycles. The van der Waals surface area contributed by atoms with Crippen LogP contribution in [-0.2, 0) is 9.59 Å². The number of carbonyl (C=O) groups is 2. The van der Waals surface area contributed by atoms with Crippen molar-refractivity contribution < 1.29 is 9.59 Å². The second-order valence-corrected chi connectivity index (χ2v) is 4.87. The zero-order valence-corrected chi connectivity index (χ0v) is 9.43. The Labute approximate surface area is 86.1 Å². The van der Waals surface area contributed by atoms with Crippen molar-refractivity contribution in [3.05, 3.63) is 0 Å². The van der Waals surface area contributed by atoms with Gasteiger partial charge in [-0.3, -0.25) is 9.59 Å². The van der Waals surface area contributed by atoms with Crippen molar-refractivity contribution in [1.82, 2.24) is 0 Å². The SMILES string of the molecule is CCC(=O)C1CCCCC(C)(C)C1=O. The topological polar surface area (TPSA) is 34.1 Å². The lowest BCUT2D eigenvalue weighted by Gasteiger charge is -2.23. The predicted molar refractivity (Wildman–Crippen MR) is 56.0 cm³/mol. The van der Waals surface area contributed by atoms with Crippen molar-refractivity contribution in [1.29, 1.82) is 0 Å². The molecule has 2 nitrogen and oxygen atoms in total. The Morgan fingerprint density at radius 1 is 1.43 bits per heavy atom. The van der Waals surface area contributed by atoms with Gasteiger partial charge in [0.25, 0.3) is 0 Å². The summed E-state index contributed by atoms with van der Waals surface area (Å²) in [6, 6.07) is 0. The first-order valence-electron chi connectivity index (χ1n) is 5.56. The molecular weight excluding hydrogens is 176 g/mol. The van der Waals surface area contributed by atoms with E-state index in [9.17, 15) is 9.59 Å². The number of Topliss-reactive ketones (excluding diaryl/α,β-unsaturated/α-hetero) is 2. The van der Waals surface area contributed by atoms with Gasteiger partial charge in [-0.05, 0) is 12.8 Å². The summed E-state index contributed by atoms with van der Waals surface area (Å²) < 4.78 is 0. The van der Waals surface area contributed by atoms with Crippen LogP contribution in [0, 0.1) is 11.3 Å². The summed E-state index contributed by atoms with van der Waals surface area (Å²) >= 11 is 0. The molecule has 0 aromatic rings. The van der Waals surface area contributed by atoms with Crippen molar-refractivity contribution in [2.45, 2.75) is 52.9 Å². The molecule has 0 saturated heterocycles. The van der Waals surface area contributed by atoms with Crippen LogP contribution in [0.15, 0.2) is 0 Å². The summed E-state index contributed by atoms with van der Waals surface area (Å²) in [7, 11) is 0. The van der Waals surface area contributed by atoms with E-state index in [0.29, 0.717) is 6.42 Å². The highest BCUT2D eigenvalue weighted by molar-refractivity contribution is 6.04. The Morgan fingerprint density at radius 3 is 2.64 bits per heavy atom. The van der Waals surface area contributed by atoms with Crippen molar-refractivity contribution in [3.8, 4) is 0 Å². The van der Waals surface area contributed by atoms with E-state index in [2.05, 4.69) is 0 Å². The zero-order chi connectivity index (χ0) is 10.8. The maximum absolute atomic E-state index is 12.0. The van der Waals surface area contributed by atoms with Gasteiger partial charge in [-0.2, -0.15) is 0 Å². The van der Waals surface area contributed by atoms with Crippen molar-refractivity contribution in [3.63, 3.8) is 0 Å². The van der Waals surface area contributed by atoms with E-state index < -0.39 is 0 Å². The van der Waals surface area contributed by atoms with E-state index >= 15 is 0 Å². The average molecular weight is 196 g/mol. The zero-order valence-electron chi connectivity index (χ0n) is 9.43. The molecule has 1 fully saturated rings. The fourth-order valence-electron chi connectivity index (χ4n) is 2.19. The Balaban J connectivity index is 2.84. The maximum atomic E-state index is 12.0. The van der Waals surface area contributed by atoms with E-state index in [0.717, 1.165) is 25.7 Å². The van der Waals surface area contributed by atoms with Gasteiger partial charge in [0.2, 0.25) is 0 Å². The Hall–Kier alpha value is -0.660. The van der Waals surface area contributed by atoms with Crippen LogP contribution in [0.5, 0.6) is 0 Å². The Morgan fingerprint density at radius 2 is 2.07 bits per heavy atom. The molecule has 2 heteroatoms. The highest BCUT2D eigenvalue weighted by Gasteiger charge is 2.37. The third-order valence-electron chi connectivity index (χ3n) is 3.27. The van der Waals surface area contributed by atoms with Crippen LogP contribution in [0.25, 0.3) is 0 Å². The molecule has 14 heavy (non-hydrogen) atoms. The number of carbonyl (C=O) groups excluding carboxylic acids is 2. The molecule has 0 aliphatic heterocycles. The van der Waals surface area contributed by atoms with Gasteiger partial charge in [-0.15, -0.1) is 0 Å². The third kappa shape index (κ3) is 2.23. The second-order valence-electron chi connectivity index (χ2n) is 4.87. The molecule has 0 spiro atoms. The number of hydrogen-bond acceptors (Lipinski definition) is 2. The van der Waals surface area contributed by atoms with E-state index in [1.165, 1.54) is 0 Å². The van der Waals surface area contributed by atoms with Crippen LogP contribution >= 0.6 is 0 Å². The minimum atomic E-state index is -0.308. The van der Waals surface area contributed by atoms with Crippen LogP contribution < -0.4 is 0 Å². The summed E-state index contributed by atoms with van der Waals surface area (Å²) in [5.41, 5.74) is -0.286. The van der Waals surface area contributed by atoms with Gasteiger partial charge >= 0.3 is 0 Å². The first-order valence-corrected chi connectivity index (χ1v) is 5.56. The van der Waals surface area contributed by atoms with Crippen LogP contribution in [0.3, 0.4) is 0 Å². The smallest absolute Gasteiger partial charge is 0.148 e. The van der Waals surface area contributed by atoms with Gasteiger partial charge in [0.1, 0.15) is 11.6 Å². The van der Waals surface area contributed by atoms with E-state index in [4.69, 9.17) is 0 Å². The van der Waals surface area contributed by atoms with Gasteiger partial charge in [-0.1, -0.05) is 33.6 Å². The quantitative estimate of drug-likeness (QED) is 0.502. The lowest BCUT2D eigenvalue weighted by atomic mass is 9.78. The molecule has 0 aromatic carbocycles. The molecule has 1 aliphatic carbocycles. The summed E-state index contributed by atoms with van der Waals surface area (Å²) in [4.78, 5) is 23.6. The van der Waals surface area contributed by atoms with Gasteiger partial charge in [0.15, 0.2) is 0 Å². The standard InChI is InChI=1S/C12H20O2/c1-4-10(13)9-7-5-6-8-12(2,3)11(9)14/h9H,4-8H2,1-3H3. The van der Waals surface area contributed by atoms with Crippen molar-refractivity contribution in [2.75, 3.05) is 0 Å². The Bertz CT molecular complexity index is 241. The van der Waals surface area contributed by atoms with E-state index in [1.54, 1.807) is 0 Å². The summed E-state index contributed by atoms with van der Waals surface area (Å²) in [5.74, 6) is -0.00988. The second kappa shape index (κ2) is 4.24. The fourth-order valence-corrected chi connectivity index (χ4v) is 2.19. The van der Waals surface area contributed by atoms with Gasteiger partial charge in [-0.25, -0.2) is 0 Å². The lowest BCUT2D eigenvalue weighted by Crippen LogP contribution is -2.33. The van der Waals surface area contributed by atoms with E-state index in [-0.39, 0.29) is 22.9 Å². The molecule has 1 rings (SSSR count). The minimum absolute atomic E-state index is 0.130. The summed E-state index contributed by atoms with van der Waals surface area (Å²) in [6.07, 6.45) is 4.29. The number of hydrogen-bond donors (Lipinski definition) is 0. The molecular formula is C12H20O2. The van der Waals surface area contributed by atoms with Gasteiger partial charge in [0.05, 0.1) is 5.92 Å². The molecule has 0 bridgehead atoms. The molecule has 0 amide bonds. The maximum Gasteiger partial charge on any atom is 0.148 e. The van der Waals surface area contributed by atoms with Crippen LogP contribution in [0.4, 0.5) is 0 Å². The fraction of sp³-hybridized carbons (Fsp3) is 0.833. The highest BCUT2D eigenvalue weighted by Crippen LogP contribution is 2.34. The van der Waals surface area contributed by atoms with Crippen molar-refractivity contribution >= 4 is 11.6 Å². The minimum Gasteiger partial charge on any atom is -0.299 e. The average Bonchev–Trinajstić information content (AvgIpc) is 2.27. The molecule has 1 atom stereocenters. The molecule has 80 valence electrons. The molecule has 1 aliphatic rings. The number of ketones is 2. The Kier molecular flexibility index (Phi) is 3.46. The van der Waals surface area contributed by atoms with Crippen molar-refractivity contribution in [2.24, 2.45) is 11.3 Å². The molecule has 0 heterocycles. The highest BCUT2D eigenvalue weighted by atomic mass is 16.2. The monoisotopic (exact) mass is 196 g/mol. The lowest BCUT2D eigenvalue weighted by molar-refractivity contribution is -0.137. The molecule has 0 aromatic heterocycles. The summed E-state index contributed by atoms with van der Waals surface area (Å²) in [5, 5.41) is 0. The first kappa shape index (κ1) is 11.4. The van der Waals surface area contributed by atoms with Crippen LogP contribution in [0.1, 0.15) is 52.9 Å². The van der Waals surface area contributed by atoms with Gasteiger partial charge < -0.3 is 0 Å². The van der Waals surface area contributed by atoms with Gasteiger partial charge in [0, 0.05) is 11.8 Å². The largest absolute Gasteiger partial charge is 0.299 e. The molecule has 1 unspecified atom stereocenters. The van der Waals surface area contributed by atoms with Crippen LogP contribution in [0.2, 0.25) is 0 Å². The normalized spacial score (nSPS) is 27.1. The summed E-state index contributed by atoms with van der Waals surface area (Å²) in [6.45, 7) is 5.78. The van der Waals surface area contributed by atoms with Crippen LogP contribution in [-0.4, -0.2) is 11.6 Å². The molecule has 0 N–H and O–H groups in total. The third-order valence-corrected chi connectivity index (χ3v) is 3.27. The first-order chi connectivity index (χ1) is 6.49. The predicted octanol–water partition coefficient (Wildman–Crippen LogP) is 2.75. The van der Waals surface area contributed by atoms with E-state index in [1.807, 2.05) is 20.8 Å². The number of rotatable bonds is 2. The molecule has 0 radical (unpaired) electrons.